The van der Waals surface area contributed by atoms with Crippen LogP contribution in [0.25, 0.3) is 0 Å². The van der Waals surface area contributed by atoms with Crippen LogP contribution in [0.2, 0.25) is 0 Å². The maximum atomic E-state index is 11.5. The minimum atomic E-state index is -3.12. The van der Waals surface area contributed by atoms with E-state index in [-0.39, 0.29) is 12.1 Å². The van der Waals surface area contributed by atoms with Crippen LogP contribution in [0.4, 0.5) is 11.8 Å². The summed E-state index contributed by atoms with van der Waals surface area (Å²) in [6.07, 6.45) is 4.12. The maximum Gasteiger partial charge on any atom is 0.224 e. The SMILES string of the molecule is CC(C)Nc1nc(NC2CCN(S(C)(=O)=O)CC2)ncc1C#N. The minimum Gasteiger partial charge on any atom is -0.367 e. The summed E-state index contributed by atoms with van der Waals surface area (Å²) in [6.45, 7) is 4.92. The maximum absolute atomic E-state index is 11.5. The van der Waals surface area contributed by atoms with E-state index in [2.05, 4.69) is 26.7 Å². The van der Waals surface area contributed by atoms with E-state index in [1.165, 1.54) is 16.8 Å². The molecule has 8 nitrogen and oxygen atoms in total. The van der Waals surface area contributed by atoms with Crippen molar-refractivity contribution in [3.63, 3.8) is 0 Å². The van der Waals surface area contributed by atoms with Crippen LogP contribution in [-0.2, 0) is 10.0 Å². The molecule has 0 bridgehead atoms. The number of piperidine rings is 1. The van der Waals surface area contributed by atoms with E-state index < -0.39 is 10.0 Å². The molecule has 23 heavy (non-hydrogen) atoms. The van der Waals surface area contributed by atoms with Gasteiger partial charge in [0.1, 0.15) is 17.5 Å². The number of nitrogens with zero attached hydrogens (tertiary/aromatic N) is 4. The molecular formula is C14H22N6O2S. The second-order valence-electron chi connectivity index (χ2n) is 5.95. The molecule has 0 radical (unpaired) electrons. The summed E-state index contributed by atoms with van der Waals surface area (Å²) in [7, 11) is -3.12. The smallest absolute Gasteiger partial charge is 0.224 e. The monoisotopic (exact) mass is 338 g/mol. The van der Waals surface area contributed by atoms with E-state index in [1.807, 2.05) is 13.8 Å². The average molecular weight is 338 g/mol. The number of hydrogen-bond donors (Lipinski definition) is 2. The van der Waals surface area contributed by atoms with Crippen LogP contribution < -0.4 is 10.6 Å². The first-order valence-corrected chi connectivity index (χ1v) is 9.39. The molecule has 2 N–H and O–H groups in total. The second-order valence-corrected chi connectivity index (χ2v) is 7.93. The van der Waals surface area contributed by atoms with Crippen molar-refractivity contribution in [2.24, 2.45) is 0 Å². The van der Waals surface area contributed by atoms with Crippen molar-refractivity contribution in [3.8, 4) is 6.07 Å². The van der Waals surface area contributed by atoms with Crippen molar-refractivity contribution in [1.82, 2.24) is 14.3 Å². The van der Waals surface area contributed by atoms with E-state index in [1.54, 1.807) is 0 Å². The van der Waals surface area contributed by atoms with E-state index in [0.29, 0.717) is 43.3 Å². The molecule has 1 aliphatic heterocycles. The summed E-state index contributed by atoms with van der Waals surface area (Å²) in [5.74, 6) is 0.957. The molecule has 126 valence electrons. The van der Waals surface area contributed by atoms with Gasteiger partial charge < -0.3 is 10.6 Å². The molecule has 1 saturated heterocycles. The fraction of sp³-hybridized carbons (Fsp3) is 0.643. The Morgan fingerprint density at radius 3 is 2.57 bits per heavy atom. The second kappa shape index (κ2) is 7.10. The molecule has 9 heteroatoms. The zero-order valence-electron chi connectivity index (χ0n) is 13.6. The normalized spacial score (nSPS) is 17.0. The van der Waals surface area contributed by atoms with Gasteiger partial charge in [-0.25, -0.2) is 17.7 Å². The Balaban J connectivity index is 2.03. The molecule has 1 aliphatic rings. The molecule has 0 atom stereocenters. The molecule has 0 aromatic carbocycles. The van der Waals surface area contributed by atoms with Crippen molar-refractivity contribution in [2.45, 2.75) is 38.8 Å². The summed E-state index contributed by atoms with van der Waals surface area (Å²) in [6, 6.07) is 2.34. The average Bonchev–Trinajstić information content (AvgIpc) is 2.46. The lowest BCUT2D eigenvalue weighted by Gasteiger charge is -2.30. The minimum absolute atomic E-state index is 0.118. The fourth-order valence-electron chi connectivity index (χ4n) is 2.43. The Bertz CT molecular complexity index is 690. The quantitative estimate of drug-likeness (QED) is 0.824. The number of sulfonamides is 1. The molecule has 2 rings (SSSR count). The lowest BCUT2D eigenvalue weighted by molar-refractivity contribution is 0.331. The first kappa shape index (κ1) is 17.4. The molecule has 0 amide bonds. The van der Waals surface area contributed by atoms with Crippen molar-refractivity contribution in [3.05, 3.63) is 11.8 Å². The van der Waals surface area contributed by atoms with Crippen molar-refractivity contribution in [2.75, 3.05) is 30.0 Å². The van der Waals surface area contributed by atoms with Crippen molar-refractivity contribution >= 4 is 21.8 Å². The predicted octanol–water partition coefficient (Wildman–Crippen LogP) is 1.00. The van der Waals surface area contributed by atoms with Gasteiger partial charge in [0, 0.05) is 25.2 Å². The molecule has 1 aromatic heterocycles. The highest BCUT2D eigenvalue weighted by Gasteiger charge is 2.25. The lowest BCUT2D eigenvalue weighted by Crippen LogP contribution is -2.42. The van der Waals surface area contributed by atoms with Crippen molar-refractivity contribution in [1.29, 1.82) is 5.26 Å². The van der Waals surface area contributed by atoms with Gasteiger partial charge in [0.15, 0.2) is 0 Å². The number of rotatable bonds is 5. The van der Waals surface area contributed by atoms with E-state index in [9.17, 15) is 8.42 Å². The molecule has 0 spiro atoms. The van der Waals surface area contributed by atoms with Crippen LogP contribution in [0.1, 0.15) is 32.3 Å². The van der Waals surface area contributed by atoms with Crippen LogP contribution >= 0.6 is 0 Å². The van der Waals surface area contributed by atoms with Crippen LogP contribution in [0.3, 0.4) is 0 Å². The van der Waals surface area contributed by atoms with E-state index >= 15 is 0 Å². The summed E-state index contributed by atoms with van der Waals surface area (Å²) in [5.41, 5.74) is 0.399. The molecule has 0 unspecified atom stereocenters. The van der Waals surface area contributed by atoms with Gasteiger partial charge in [-0.15, -0.1) is 0 Å². The zero-order valence-corrected chi connectivity index (χ0v) is 14.4. The molecule has 0 aliphatic carbocycles. The summed E-state index contributed by atoms with van der Waals surface area (Å²) >= 11 is 0. The Morgan fingerprint density at radius 2 is 2.04 bits per heavy atom. The summed E-state index contributed by atoms with van der Waals surface area (Å²) in [5, 5.41) is 15.4. The Hall–Kier alpha value is -1.92. The summed E-state index contributed by atoms with van der Waals surface area (Å²) < 4.78 is 24.5. The molecule has 0 saturated carbocycles. The highest BCUT2D eigenvalue weighted by atomic mass is 32.2. The third-order valence-electron chi connectivity index (χ3n) is 3.59. The number of hydrogen-bond acceptors (Lipinski definition) is 7. The molecule has 1 fully saturated rings. The van der Waals surface area contributed by atoms with Gasteiger partial charge in [-0.3, -0.25) is 0 Å². The Labute approximate surface area is 137 Å². The highest BCUT2D eigenvalue weighted by Crippen LogP contribution is 2.18. The van der Waals surface area contributed by atoms with Gasteiger partial charge in [-0.2, -0.15) is 10.2 Å². The highest BCUT2D eigenvalue weighted by molar-refractivity contribution is 7.88. The predicted molar refractivity (Wildman–Crippen MR) is 88.6 cm³/mol. The van der Waals surface area contributed by atoms with E-state index in [4.69, 9.17) is 5.26 Å². The first-order chi connectivity index (χ1) is 10.8. The lowest BCUT2D eigenvalue weighted by atomic mass is 10.1. The number of anilines is 2. The van der Waals surface area contributed by atoms with Crippen LogP contribution in [0.5, 0.6) is 0 Å². The number of aromatic nitrogens is 2. The fourth-order valence-corrected chi connectivity index (χ4v) is 3.31. The molecule has 2 heterocycles. The van der Waals surface area contributed by atoms with Gasteiger partial charge in [-0.05, 0) is 26.7 Å². The van der Waals surface area contributed by atoms with Gasteiger partial charge >= 0.3 is 0 Å². The topological polar surface area (TPSA) is 111 Å². The van der Waals surface area contributed by atoms with Crippen LogP contribution in [0, 0.1) is 11.3 Å². The third-order valence-corrected chi connectivity index (χ3v) is 4.89. The van der Waals surface area contributed by atoms with Crippen molar-refractivity contribution < 1.29 is 8.42 Å². The summed E-state index contributed by atoms with van der Waals surface area (Å²) in [4.78, 5) is 8.52. The Morgan fingerprint density at radius 1 is 1.39 bits per heavy atom. The third kappa shape index (κ3) is 4.77. The molecule has 1 aromatic rings. The van der Waals surface area contributed by atoms with Crippen LogP contribution in [-0.4, -0.2) is 54.1 Å². The first-order valence-electron chi connectivity index (χ1n) is 7.55. The number of nitriles is 1. The van der Waals surface area contributed by atoms with Gasteiger partial charge in [-0.1, -0.05) is 0 Å². The van der Waals surface area contributed by atoms with Crippen LogP contribution in [0.15, 0.2) is 6.20 Å². The van der Waals surface area contributed by atoms with Gasteiger partial charge in [0.05, 0.1) is 12.5 Å². The largest absolute Gasteiger partial charge is 0.367 e. The van der Waals surface area contributed by atoms with E-state index in [0.717, 1.165) is 0 Å². The Kier molecular flexibility index (Phi) is 5.38. The zero-order chi connectivity index (χ0) is 17.0. The number of nitrogens with one attached hydrogen (secondary N) is 2. The standard InChI is InChI=1S/C14H22N6O2S/c1-10(2)17-13-11(8-15)9-16-14(19-13)18-12-4-6-20(7-5-12)23(3,21)22/h9-10,12H,4-7H2,1-3H3,(H2,16,17,18,19). The van der Waals surface area contributed by atoms with Gasteiger partial charge in [0.25, 0.3) is 0 Å². The molecular weight excluding hydrogens is 316 g/mol. The van der Waals surface area contributed by atoms with Gasteiger partial charge in [0.2, 0.25) is 16.0 Å².